The minimum absolute atomic E-state index is 0.196. The quantitative estimate of drug-likeness (QED) is 0.909. The Balaban J connectivity index is 1.57. The summed E-state index contributed by atoms with van der Waals surface area (Å²) in [6, 6.07) is 3.64. The summed E-state index contributed by atoms with van der Waals surface area (Å²) in [6.07, 6.45) is -2.63. The predicted octanol–water partition coefficient (Wildman–Crippen LogP) is 1.98. The Kier molecular flexibility index (Phi) is 4.38. The fraction of sp³-hybridized carbons (Fsp3) is 0.643. The number of aromatic nitrogens is 4. The molecule has 6 nitrogen and oxygen atoms in total. The van der Waals surface area contributed by atoms with E-state index in [1.54, 1.807) is 4.52 Å². The van der Waals surface area contributed by atoms with Crippen LogP contribution in [0, 0.1) is 5.92 Å². The highest BCUT2D eigenvalue weighted by Crippen LogP contribution is 2.23. The maximum atomic E-state index is 12.4. The number of nitrogens with one attached hydrogen (secondary N) is 1. The number of aryl methyl sites for hydroxylation is 1. The summed E-state index contributed by atoms with van der Waals surface area (Å²) in [5.74, 6) is 1.66. The summed E-state index contributed by atoms with van der Waals surface area (Å²) in [5, 5.41) is 15.7. The molecule has 3 heterocycles. The van der Waals surface area contributed by atoms with Crippen molar-refractivity contribution in [3.8, 4) is 0 Å². The fourth-order valence-corrected chi connectivity index (χ4v) is 2.87. The minimum Gasteiger partial charge on any atom is -0.368 e. The number of fused-ring (bicyclic) bond motifs is 1. The molecule has 1 N–H and O–H groups in total. The third kappa shape index (κ3) is 3.90. The molecule has 1 saturated heterocycles. The largest absolute Gasteiger partial charge is 0.401 e. The lowest BCUT2D eigenvalue weighted by molar-refractivity contribution is -0.143. The van der Waals surface area contributed by atoms with Gasteiger partial charge in [0.05, 0.1) is 6.54 Å². The van der Waals surface area contributed by atoms with Gasteiger partial charge in [0.2, 0.25) is 0 Å². The zero-order valence-corrected chi connectivity index (χ0v) is 12.8. The first-order valence-corrected chi connectivity index (χ1v) is 7.69. The third-order valence-electron chi connectivity index (χ3n) is 3.99. The first kappa shape index (κ1) is 16.0. The number of likely N-dealkylation sites (tertiary alicyclic amines) is 1. The molecule has 1 aliphatic heterocycles. The second-order valence-corrected chi connectivity index (χ2v) is 5.84. The van der Waals surface area contributed by atoms with Crippen LogP contribution in [-0.4, -0.2) is 57.1 Å². The summed E-state index contributed by atoms with van der Waals surface area (Å²) in [5.41, 5.74) is 0.685. The number of anilines is 1. The zero-order chi connectivity index (χ0) is 16.4. The van der Waals surface area contributed by atoms with Gasteiger partial charge in [0.25, 0.3) is 0 Å². The van der Waals surface area contributed by atoms with E-state index >= 15 is 0 Å². The van der Waals surface area contributed by atoms with Crippen LogP contribution in [0.4, 0.5) is 19.0 Å². The van der Waals surface area contributed by atoms with E-state index in [0.29, 0.717) is 31.1 Å². The third-order valence-corrected chi connectivity index (χ3v) is 3.99. The number of alkyl halides is 3. The molecule has 0 aromatic carbocycles. The van der Waals surface area contributed by atoms with E-state index in [4.69, 9.17) is 0 Å². The number of nitrogens with zero attached hydrogens (tertiary/aromatic N) is 5. The normalized spacial score (nSPS) is 19.6. The van der Waals surface area contributed by atoms with Gasteiger partial charge in [-0.3, -0.25) is 4.90 Å². The van der Waals surface area contributed by atoms with Crippen LogP contribution < -0.4 is 5.32 Å². The van der Waals surface area contributed by atoms with Crippen molar-refractivity contribution in [1.29, 1.82) is 0 Å². The molecule has 9 heteroatoms. The molecule has 126 valence electrons. The maximum Gasteiger partial charge on any atom is 0.401 e. The van der Waals surface area contributed by atoms with Gasteiger partial charge in [-0.25, -0.2) is 0 Å². The molecular weight excluding hydrogens is 309 g/mol. The smallest absolute Gasteiger partial charge is 0.368 e. The molecule has 23 heavy (non-hydrogen) atoms. The van der Waals surface area contributed by atoms with Crippen molar-refractivity contribution < 1.29 is 13.2 Å². The molecule has 0 bridgehead atoms. The maximum absolute atomic E-state index is 12.4. The van der Waals surface area contributed by atoms with Gasteiger partial charge in [-0.2, -0.15) is 17.7 Å². The van der Waals surface area contributed by atoms with Crippen molar-refractivity contribution in [2.75, 3.05) is 31.5 Å². The first-order valence-electron chi connectivity index (χ1n) is 7.69. The lowest BCUT2D eigenvalue weighted by atomic mass is 10.1. The summed E-state index contributed by atoms with van der Waals surface area (Å²) < 4.78 is 38.9. The second kappa shape index (κ2) is 6.31. The van der Waals surface area contributed by atoms with Gasteiger partial charge in [-0.1, -0.05) is 6.92 Å². The van der Waals surface area contributed by atoms with Crippen LogP contribution >= 0.6 is 0 Å². The number of hydrogen-bond donors (Lipinski definition) is 1. The van der Waals surface area contributed by atoms with Crippen LogP contribution in [0.5, 0.6) is 0 Å². The Morgan fingerprint density at radius 2 is 2.13 bits per heavy atom. The standard InChI is InChI=1S/C14H19F3N6/c1-2-12-19-20-13-4-3-11(21-23(12)13)18-7-10-5-6-22(8-10)9-14(15,16)17/h3-4,10H,2,5-9H2,1H3,(H,18,21)/t10-/m0/s1. The van der Waals surface area contributed by atoms with Gasteiger partial charge >= 0.3 is 6.18 Å². The van der Waals surface area contributed by atoms with E-state index in [0.717, 1.165) is 18.7 Å². The molecule has 0 amide bonds. The van der Waals surface area contributed by atoms with E-state index in [-0.39, 0.29) is 5.92 Å². The van der Waals surface area contributed by atoms with E-state index in [1.165, 1.54) is 4.90 Å². The van der Waals surface area contributed by atoms with Crippen molar-refractivity contribution in [3.63, 3.8) is 0 Å². The summed E-state index contributed by atoms with van der Waals surface area (Å²) in [6.45, 7) is 2.71. The van der Waals surface area contributed by atoms with E-state index in [9.17, 15) is 13.2 Å². The topological polar surface area (TPSA) is 58.4 Å². The van der Waals surface area contributed by atoms with Crippen molar-refractivity contribution >= 4 is 11.5 Å². The molecule has 1 fully saturated rings. The summed E-state index contributed by atoms with van der Waals surface area (Å²) in [4.78, 5) is 1.46. The first-order chi connectivity index (χ1) is 10.9. The summed E-state index contributed by atoms with van der Waals surface area (Å²) >= 11 is 0. The highest BCUT2D eigenvalue weighted by atomic mass is 19.4. The van der Waals surface area contributed by atoms with Crippen molar-refractivity contribution in [3.05, 3.63) is 18.0 Å². The van der Waals surface area contributed by atoms with Crippen LogP contribution in [0.3, 0.4) is 0 Å². The molecular formula is C14H19F3N6. The van der Waals surface area contributed by atoms with E-state index < -0.39 is 12.7 Å². The van der Waals surface area contributed by atoms with Crippen molar-refractivity contribution in [1.82, 2.24) is 24.7 Å². The van der Waals surface area contributed by atoms with Crippen LogP contribution in [0.25, 0.3) is 5.65 Å². The molecule has 0 radical (unpaired) electrons. The lowest BCUT2D eigenvalue weighted by Gasteiger charge is -2.18. The van der Waals surface area contributed by atoms with Gasteiger partial charge in [-0.15, -0.1) is 15.3 Å². The number of rotatable bonds is 5. The Hall–Kier alpha value is -1.90. The molecule has 0 unspecified atom stereocenters. The predicted molar refractivity (Wildman–Crippen MR) is 79.3 cm³/mol. The van der Waals surface area contributed by atoms with Gasteiger partial charge in [0, 0.05) is 19.5 Å². The van der Waals surface area contributed by atoms with Crippen LogP contribution in [0.1, 0.15) is 19.2 Å². The van der Waals surface area contributed by atoms with Gasteiger partial charge in [0.15, 0.2) is 11.5 Å². The average molecular weight is 328 g/mol. The average Bonchev–Trinajstić information content (AvgIpc) is 3.09. The molecule has 3 rings (SSSR count). The molecule has 0 spiro atoms. The Bertz CT molecular complexity index is 668. The van der Waals surface area contributed by atoms with Gasteiger partial charge in [0.1, 0.15) is 5.82 Å². The van der Waals surface area contributed by atoms with Gasteiger partial charge in [-0.05, 0) is 31.0 Å². The number of halogens is 3. The highest BCUT2D eigenvalue weighted by molar-refractivity contribution is 5.43. The minimum atomic E-state index is -4.13. The molecule has 2 aromatic heterocycles. The molecule has 0 aliphatic carbocycles. The fourth-order valence-electron chi connectivity index (χ4n) is 2.87. The second-order valence-electron chi connectivity index (χ2n) is 5.84. The number of hydrogen-bond acceptors (Lipinski definition) is 5. The van der Waals surface area contributed by atoms with E-state index in [1.807, 2.05) is 19.1 Å². The van der Waals surface area contributed by atoms with Crippen molar-refractivity contribution in [2.45, 2.75) is 25.9 Å². The zero-order valence-electron chi connectivity index (χ0n) is 12.8. The monoisotopic (exact) mass is 328 g/mol. The van der Waals surface area contributed by atoms with Gasteiger partial charge < -0.3 is 5.32 Å². The Labute approximate surface area is 131 Å². The van der Waals surface area contributed by atoms with Crippen LogP contribution in [-0.2, 0) is 6.42 Å². The summed E-state index contributed by atoms with van der Waals surface area (Å²) in [7, 11) is 0. The molecule has 1 atom stereocenters. The molecule has 2 aromatic rings. The lowest BCUT2D eigenvalue weighted by Crippen LogP contribution is -2.33. The van der Waals surface area contributed by atoms with Crippen molar-refractivity contribution in [2.24, 2.45) is 5.92 Å². The van der Waals surface area contributed by atoms with Crippen LogP contribution in [0.2, 0.25) is 0 Å². The molecule has 0 saturated carbocycles. The SMILES string of the molecule is CCc1nnc2ccc(NC[C@@H]3CCN(CC(F)(F)F)C3)nn12. The Morgan fingerprint density at radius 1 is 1.30 bits per heavy atom. The van der Waals surface area contributed by atoms with Crippen LogP contribution in [0.15, 0.2) is 12.1 Å². The highest BCUT2D eigenvalue weighted by Gasteiger charge is 2.34. The molecule has 1 aliphatic rings. The Morgan fingerprint density at radius 3 is 2.87 bits per heavy atom. The van der Waals surface area contributed by atoms with E-state index in [2.05, 4.69) is 20.6 Å².